The van der Waals surface area contributed by atoms with Gasteiger partial charge in [0, 0.05) is 46.2 Å². The lowest BCUT2D eigenvalue weighted by atomic mass is 9.68. The molecule has 4 aromatic carbocycles. The first-order chi connectivity index (χ1) is 29.5. The first kappa shape index (κ1) is 37.7. The number of methoxy groups -OCH3 is 4. The van der Waals surface area contributed by atoms with E-state index in [2.05, 4.69) is 142 Å². The van der Waals surface area contributed by atoms with E-state index in [9.17, 15) is 0 Å². The summed E-state index contributed by atoms with van der Waals surface area (Å²) in [5.74, 6) is 3.94. The number of rotatable bonds is 10. The van der Waals surface area contributed by atoms with Crippen molar-refractivity contribution in [2.24, 2.45) is 0 Å². The molecule has 4 heterocycles. The van der Waals surface area contributed by atoms with Crippen molar-refractivity contribution in [1.29, 1.82) is 0 Å². The molecule has 0 saturated heterocycles. The average molecular weight is 801 g/mol. The summed E-state index contributed by atoms with van der Waals surface area (Å²) in [6.07, 6.45) is 11.5. The van der Waals surface area contributed by atoms with Gasteiger partial charge in [-0.25, -0.2) is 0 Å². The Morgan fingerprint density at radius 1 is 0.583 bits per heavy atom. The van der Waals surface area contributed by atoms with Gasteiger partial charge in [-0.2, -0.15) is 20.1 Å². The number of aromatic nitrogens is 12. The number of benzene rings is 4. The lowest BCUT2D eigenvalue weighted by molar-refractivity contribution is 0.354. The van der Waals surface area contributed by atoms with Gasteiger partial charge < -0.3 is 18.9 Å². The molecule has 0 saturated carbocycles. The standard InChI is InChI=1S/2C22H20N6O2/c1-29-19-9-8-16(12-20(19)30-2)22(15-6-4-3-5-7-15)11-10-17-18(13-22)24-25-21(17)28-14-23-26-27-28;1-29-18-9-8-15(12-19(18)30-2)22(14-6-4-3-5-7-14)11-10-16-17(13-22)23-24-20(16)21-25-27-28-26-21/h3-12,14H,13H2,1-2H3,(H,24,25);3-12H,13H2,1-2H3,(H,23,24)(H,25,26,27,28). The lowest BCUT2D eigenvalue weighted by Crippen LogP contribution is -2.30. The van der Waals surface area contributed by atoms with Gasteiger partial charge in [0.05, 0.1) is 28.4 Å². The minimum absolute atomic E-state index is 0.391. The van der Waals surface area contributed by atoms with Crippen LogP contribution in [0.1, 0.15) is 44.8 Å². The zero-order chi connectivity index (χ0) is 41.1. The predicted molar refractivity (Wildman–Crippen MR) is 222 cm³/mol. The number of allylic oxidation sites excluding steroid dienone is 2. The number of nitrogens with zero attached hydrogens (tertiary/aromatic N) is 9. The van der Waals surface area contributed by atoms with E-state index in [4.69, 9.17) is 18.9 Å². The van der Waals surface area contributed by atoms with Crippen LogP contribution in [0.5, 0.6) is 23.0 Å². The Labute approximate surface area is 344 Å². The largest absolute Gasteiger partial charge is 0.493 e. The SMILES string of the molecule is COc1ccc(C2(c3ccccc3)C=Cc3c(-c4nn[nH]n4)n[nH]c3C2)cc1OC.COc1ccc(C2(c3ccccc3)C=Cc3c(-n4cnnn4)n[nH]c3C2)cc1OC. The van der Waals surface area contributed by atoms with Crippen LogP contribution < -0.4 is 18.9 Å². The maximum atomic E-state index is 5.58. The highest BCUT2D eigenvalue weighted by Crippen LogP contribution is 2.46. The Kier molecular flexibility index (Phi) is 9.93. The second kappa shape index (κ2) is 15.8. The number of hydrogen-bond acceptors (Lipinski definition) is 12. The van der Waals surface area contributed by atoms with Crippen molar-refractivity contribution in [3.8, 4) is 40.3 Å². The zero-order valence-electron chi connectivity index (χ0n) is 33.2. The minimum Gasteiger partial charge on any atom is -0.493 e. The molecule has 60 heavy (non-hydrogen) atoms. The first-order valence-corrected chi connectivity index (χ1v) is 19.1. The van der Waals surface area contributed by atoms with E-state index in [0.717, 1.165) is 33.6 Å². The van der Waals surface area contributed by atoms with E-state index in [1.807, 2.05) is 36.4 Å². The van der Waals surface area contributed by atoms with E-state index < -0.39 is 10.8 Å². The third kappa shape index (κ3) is 6.53. The highest BCUT2D eigenvalue weighted by atomic mass is 16.5. The molecule has 3 N–H and O–H groups in total. The Hall–Kier alpha value is -7.88. The lowest BCUT2D eigenvalue weighted by Gasteiger charge is -2.34. The molecule has 0 amide bonds. The molecule has 2 atom stereocenters. The molecular formula is C44H40N12O4. The highest BCUT2D eigenvalue weighted by molar-refractivity contribution is 5.74. The van der Waals surface area contributed by atoms with Crippen molar-refractivity contribution < 1.29 is 18.9 Å². The molecule has 16 heteroatoms. The van der Waals surface area contributed by atoms with Crippen molar-refractivity contribution in [1.82, 2.24) is 61.2 Å². The number of fused-ring (bicyclic) bond motifs is 2. The molecule has 2 aliphatic rings. The molecule has 8 aromatic rings. The van der Waals surface area contributed by atoms with Gasteiger partial charge in [-0.3, -0.25) is 10.2 Å². The smallest absolute Gasteiger partial charge is 0.225 e. The molecular weight excluding hydrogens is 761 g/mol. The van der Waals surface area contributed by atoms with Gasteiger partial charge in [-0.05, 0) is 62.2 Å². The normalized spacial score (nSPS) is 17.5. The van der Waals surface area contributed by atoms with E-state index in [-0.39, 0.29) is 0 Å². The van der Waals surface area contributed by atoms with Crippen LogP contribution in [0, 0.1) is 0 Å². The fraction of sp³-hybridized carbons (Fsp3) is 0.182. The molecule has 300 valence electrons. The third-order valence-electron chi connectivity index (χ3n) is 11.2. The monoisotopic (exact) mass is 800 g/mol. The van der Waals surface area contributed by atoms with Crippen LogP contribution in [0.25, 0.3) is 29.5 Å². The van der Waals surface area contributed by atoms with Gasteiger partial charge in [0.25, 0.3) is 0 Å². The second-order valence-electron chi connectivity index (χ2n) is 14.2. The highest BCUT2D eigenvalue weighted by Gasteiger charge is 2.39. The van der Waals surface area contributed by atoms with Crippen LogP contribution in [0.2, 0.25) is 0 Å². The maximum absolute atomic E-state index is 5.58. The third-order valence-corrected chi connectivity index (χ3v) is 11.2. The number of ether oxygens (including phenoxy) is 4. The molecule has 16 nitrogen and oxygen atoms in total. The van der Waals surface area contributed by atoms with Crippen molar-refractivity contribution in [3.05, 3.63) is 160 Å². The summed E-state index contributed by atoms with van der Waals surface area (Å²) < 4.78 is 23.6. The van der Waals surface area contributed by atoms with Gasteiger partial charge in [-0.15, -0.1) is 15.3 Å². The Morgan fingerprint density at radius 3 is 1.65 bits per heavy atom. The fourth-order valence-corrected chi connectivity index (χ4v) is 8.20. The molecule has 0 aliphatic heterocycles. The summed E-state index contributed by atoms with van der Waals surface area (Å²) in [6, 6.07) is 33.0. The van der Waals surface area contributed by atoms with Crippen molar-refractivity contribution in [2.75, 3.05) is 28.4 Å². The summed E-state index contributed by atoms with van der Waals surface area (Å²) in [5, 5.41) is 40.9. The van der Waals surface area contributed by atoms with Crippen LogP contribution in [-0.4, -0.2) is 89.7 Å². The Bertz CT molecular complexity index is 2590. The molecule has 0 spiro atoms. The first-order valence-electron chi connectivity index (χ1n) is 19.1. The molecule has 2 unspecified atom stereocenters. The van der Waals surface area contributed by atoms with E-state index in [1.54, 1.807) is 33.1 Å². The summed E-state index contributed by atoms with van der Waals surface area (Å²) in [6.45, 7) is 0. The van der Waals surface area contributed by atoms with E-state index >= 15 is 0 Å². The zero-order valence-corrected chi connectivity index (χ0v) is 33.2. The Balaban J connectivity index is 0.000000154. The number of H-pyrrole nitrogens is 3. The van der Waals surface area contributed by atoms with Crippen LogP contribution in [0.15, 0.2) is 116 Å². The van der Waals surface area contributed by atoms with Gasteiger partial charge in [0.2, 0.25) is 5.82 Å². The van der Waals surface area contributed by atoms with Crippen molar-refractivity contribution >= 4 is 12.2 Å². The van der Waals surface area contributed by atoms with Crippen molar-refractivity contribution in [3.63, 3.8) is 0 Å². The summed E-state index contributed by atoms with van der Waals surface area (Å²) >= 11 is 0. The number of tetrazole rings is 2. The van der Waals surface area contributed by atoms with Crippen molar-refractivity contribution in [2.45, 2.75) is 23.7 Å². The van der Waals surface area contributed by atoms with Crippen LogP contribution in [0.3, 0.4) is 0 Å². The van der Waals surface area contributed by atoms with Gasteiger partial charge in [0.1, 0.15) is 12.0 Å². The van der Waals surface area contributed by atoms with Crippen LogP contribution in [0.4, 0.5) is 0 Å². The molecule has 0 bridgehead atoms. The van der Waals surface area contributed by atoms with E-state index in [0.29, 0.717) is 53.2 Å². The van der Waals surface area contributed by atoms with E-state index in [1.165, 1.54) is 17.5 Å². The molecule has 0 radical (unpaired) electrons. The van der Waals surface area contributed by atoms with Crippen LogP contribution in [-0.2, 0) is 23.7 Å². The second-order valence-corrected chi connectivity index (χ2v) is 14.2. The van der Waals surface area contributed by atoms with Crippen LogP contribution >= 0.6 is 0 Å². The average Bonchev–Trinajstić information content (AvgIpc) is 4.17. The Morgan fingerprint density at radius 2 is 1.13 bits per heavy atom. The van der Waals surface area contributed by atoms with Gasteiger partial charge in [0.15, 0.2) is 28.8 Å². The fourth-order valence-electron chi connectivity index (χ4n) is 8.20. The number of hydrogen-bond donors (Lipinski definition) is 3. The van der Waals surface area contributed by atoms with Gasteiger partial charge in [-0.1, -0.05) is 97.1 Å². The molecule has 10 rings (SSSR count). The summed E-state index contributed by atoms with van der Waals surface area (Å²) in [7, 11) is 6.58. The topological polar surface area (TPSA) is 192 Å². The maximum Gasteiger partial charge on any atom is 0.225 e. The quantitative estimate of drug-likeness (QED) is 0.144. The number of nitrogens with one attached hydrogen (secondary N) is 3. The minimum atomic E-state index is -0.394. The molecule has 2 aliphatic carbocycles. The predicted octanol–water partition coefficient (Wildman–Crippen LogP) is 6.12. The summed E-state index contributed by atoms with van der Waals surface area (Å²) in [5.41, 5.74) is 8.44. The molecule has 0 fully saturated rings. The molecule has 4 aromatic heterocycles. The number of aromatic amines is 3. The summed E-state index contributed by atoms with van der Waals surface area (Å²) in [4.78, 5) is 0. The van der Waals surface area contributed by atoms with Gasteiger partial charge >= 0.3 is 0 Å².